The predicted octanol–water partition coefficient (Wildman–Crippen LogP) is 2.89. The second-order valence-electron chi connectivity index (χ2n) is 5.64. The number of benzene rings is 2. The molecule has 0 unspecified atom stereocenters. The lowest BCUT2D eigenvalue weighted by Gasteiger charge is -2.13. The summed E-state index contributed by atoms with van der Waals surface area (Å²) in [5.74, 6) is -0.897. The maximum Gasteiger partial charge on any atom is 0.343 e. The van der Waals surface area contributed by atoms with Gasteiger partial charge in [-0.1, -0.05) is 23.9 Å². The average Bonchev–Trinajstić information content (AvgIpc) is 3.00. The molecule has 0 saturated carbocycles. The number of methoxy groups -OCH3 is 1. The Labute approximate surface area is 159 Å². The number of carbonyl (C=O) groups excluding carboxylic acids is 4. The van der Waals surface area contributed by atoms with Crippen molar-refractivity contribution in [1.29, 1.82) is 0 Å². The average molecular weight is 385 g/mol. The van der Waals surface area contributed by atoms with Crippen LogP contribution in [0.5, 0.6) is 5.75 Å². The van der Waals surface area contributed by atoms with Crippen LogP contribution in [0.3, 0.4) is 0 Å². The van der Waals surface area contributed by atoms with Crippen LogP contribution in [0.25, 0.3) is 0 Å². The van der Waals surface area contributed by atoms with Crippen LogP contribution in [0.15, 0.2) is 48.5 Å². The summed E-state index contributed by atoms with van der Waals surface area (Å²) in [5, 5.41) is -0.293. The van der Waals surface area contributed by atoms with E-state index in [4.69, 9.17) is 4.74 Å². The fraction of sp³-hybridized carbons (Fsp3) is 0.158. The summed E-state index contributed by atoms with van der Waals surface area (Å²) in [6.07, 6.45) is 0. The SMILES string of the molecule is COC(=O)c1ccc(OC(=O)c2cccc(CN3C(=O)CSC3=O)c2)cc1. The second kappa shape index (κ2) is 8.05. The van der Waals surface area contributed by atoms with E-state index < -0.39 is 11.9 Å². The van der Waals surface area contributed by atoms with E-state index in [0.717, 1.165) is 16.7 Å². The molecular weight excluding hydrogens is 370 g/mol. The van der Waals surface area contributed by atoms with Crippen LogP contribution in [-0.2, 0) is 16.1 Å². The lowest BCUT2D eigenvalue weighted by Crippen LogP contribution is -2.28. The van der Waals surface area contributed by atoms with E-state index in [0.29, 0.717) is 11.1 Å². The molecule has 0 N–H and O–H groups in total. The van der Waals surface area contributed by atoms with E-state index in [1.165, 1.54) is 31.4 Å². The van der Waals surface area contributed by atoms with Crippen LogP contribution in [0, 0.1) is 0 Å². The number of amides is 2. The van der Waals surface area contributed by atoms with Crippen molar-refractivity contribution in [2.75, 3.05) is 12.9 Å². The van der Waals surface area contributed by atoms with E-state index in [2.05, 4.69) is 4.74 Å². The Balaban J connectivity index is 1.69. The number of esters is 2. The van der Waals surface area contributed by atoms with Gasteiger partial charge in [-0.3, -0.25) is 14.5 Å². The molecule has 8 heteroatoms. The molecule has 1 aliphatic rings. The fourth-order valence-corrected chi connectivity index (χ4v) is 3.18. The minimum Gasteiger partial charge on any atom is -0.465 e. The van der Waals surface area contributed by atoms with Gasteiger partial charge in [0, 0.05) is 0 Å². The summed E-state index contributed by atoms with van der Waals surface area (Å²) < 4.78 is 9.90. The van der Waals surface area contributed by atoms with Gasteiger partial charge in [0.2, 0.25) is 5.91 Å². The molecule has 0 aliphatic carbocycles. The Kier molecular flexibility index (Phi) is 5.56. The van der Waals surface area contributed by atoms with Crippen LogP contribution in [-0.4, -0.2) is 40.8 Å². The topological polar surface area (TPSA) is 90.0 Å². The molecule has 7 nitrogen and oxygen atoms in total. The molecule has 1 fully saturated rings. The number of nitrogens with zero attached hydrogens (tertiary/aromatic N) is 1. The van der Waals surface area contributed by atoms with E-state index in [9.17, 15) is 19.2 Å². The first-order valence-corrected chi connectivity index (χ1v) is 8.93. The molecule has 138 valence electrons. The van der Waals surface area contributed by atoms with Crippen molar-refractivity contribution in [3.63, 3.8) is 0 Å². The number of thioether (sulfide) groups is 1. The molecule has 0 spiro atoms. The number of hydrogen-bond donors (Lipinski definition) is 0. The van der Waals surface area contributed by atoms with Crippen LogP contribution < -0.4 is 4.74 Å². The van der Waals surface area contributed by atoms with Crippen LogP contribution in [0.1, 0.15) is 26.3 Å². The van der Waals surface area contributed by atoms with Crippen molar-refractivity contribution < 1.29 is 28.7 Å². The van der Waals surface area contributed by atoms with Crippen molar-refractivity contribution >= 4 is 34.8 Å². The number of carbonyl (C=O) groups is 4. The van der Waals surface area contributed by atoms with Crippen molar-refractivity contribution in [3.05, 3.63) is 65.2 Å². The van der Waals surface area contributed by atoms with E-state index >= 15 is 0 Å². The summed E-state index contributed by atoms with van der Waals surface area (Å²) in [7, 11) is 1.28. The van der Waals surface area contributed by atoms with Gasteiger partial charge in [-0.25, -0.2) is 9.59 Å². The van der Waals surface area contributed by atoms with Crippen molar-refractivity contribution in [2.45, 2.75) is 6.54 Å². The summed E-state index contributed by atoms with van der Waals surface area (Å²) in [6.45, 7) is 0.111. The van der Waals surface area contributed by atoms with Crippen molar-refractivity contribution in [3.8, 4) is 5.75 Å². The Bertz CT molecular complexity index is 893. The number of hydrogen-bond acceptors (Lipinski definition) is 7. The maximum atomic E-state index is 12.3. The van der Waals surface area contributed by atoms with Gasteiger partial charge in [-0.05, 0) is 42.0 Å². The molecule has 0 aromatic heterocycles. The van der Waals surface area contributed by atoms with Crippen LogP contribution in [0.2, 0.25) is 0 Å². The van der Waals surface area contributed by atoms with Crippen LogP contribution >= 0.6 is 11.8 Å². The largest absolute Gasteiger partial charge is 0.465 e. The van der Waals surface area contributed by atoms with Gasteiger partial charge in [0.15, 0.2) is 0 Å². The van der Waals surface area contributed by atoms with Crippen molar-refractivity contribution in [1.82, 2.24) is 4.90 Å². The molecule has 0 bridgehead atoms. The Morgan fingerprint density at radius 1 is 1.04 bits per heavy atom. The van der Waals surface area contributed by atoms with Gasteiger partial charge in [0.05, 0.1) is 30.5 Å². The molecular formula is C19H15NO6S. The van der Waals surface area contributed by atoms with E-state index in [-0.39, 0.29) is 34.8 Å². The van der Waals surface area contributed by atoms with Crippen LogP contribution in [0.4, 0.5) is 4.79 Å². The van der Waals surface area contributed by atoms with Gasteiger partial charge in [0.25, 0.3) is 5.24 Å². The molecule has 1 aliphatic heterocycles. The standard InChI is InChI=1S/C19H15NO6S/c1-25-17(22)13-5-7-15(8-6-13)26-18(23)14-4-2-3-12(9-14)10-20-16(21)11-27-19(20)24/h2-9H,10-11H2,1H3. The smallest absolute Gasteiger partial charge is 0.343 e. The van der Waals surface area contributed by atoms with Gasteiger partial charge < -0.3 is 9.47 Å². The highest BCUT2D eigenvalue weighted by atomic mass is 32.2. The van der Waals surface area contributed by atoms with Crippen molar-refractivity contribution in [2.24, 2.45) is 0 Å². The zero-order chi connectivity index (χ0) is 19.4. The molecule has 0 radical (unpaired) electrons. The molecule has 1 heterocycles. The first-order valence-electron chi connectivity index (χ1n) is 7.94. The zero-order valence-corrected chi connectivity index (χ0v) is 15.2. The monoisotopic (exact) mass is 385 g/mol. The van der Waals surface area contributed by atoms with Gasteiger partial charge in [0.1, 0.15) is 5.75 Å². The third-order valence-electron chi connectivity index (χ3n) is 3.83. The molecule has 1 saturated heterocycles. The summed E-state index contributed by atoms with van der Waals surface area (Å²) >= 11 is 0.963. The number of rotatable bonds is 5. The normalized spacial score (nSPS) is 13.6. The van der Waals surface area contributed by atoms with E-state index in [1.807, 2.05) is 0 Å². The summed E-state index contributed by atoms with van der Waals surface area (Å²) in [5.41, 5.74) is 1.28. The highest BCUT2D eigenvalue weighted by molar-refractivity contribution is 8.14. The fourth-order valence-electron chi connectivity index (χ4n) is 2.46. The first kappa shape index (κ1) is 18.7. The molecule has 2 aromatic carbocycles. The summed E-state index contributed by atoms with van der Waals surface area (Å²) in [6, 6.07) is 12.5. The highest BCUT2D eigenvalue weighted by Gasteiger charge is 2.29. The summed E-state index contributed by atoms with van der Waals surface area (Å²) in [4.78, 5) is 48.3. The molecule has 27 heavy (non-hydrogen) atoms. The Morgan fingerprint density at radius 3 is 2.41 bits per heavy atom. The Morgan fingerprint density at radius 2 is 1.78 bits per heavy atom. The zero-order valence-electron chi connectivity index (χ0n) is 14.3. The molecule has 3 rings (SSSR count). The molecule has 2 amide bonds. The molecule has 0 atom stereocenters. The molecule has 2 aromatic rings. The third kappa shape index (κ3) is 4.35. The number of ether oxygens (including phenoxy) is 2. The van der Waals surface area contributed by atoms with Gasteiger partial charge in [-0.2, -0.15) is 0 Å². The van der Waals surface area contributed by atoms with Gasteiger partial charge in [-0.15, -0.1) is 0 Å². The van der Waals surface area contributed by atoms with Gasteiger partial charge >= 0.3 is 11.9 Å². The quantitative estimate of drug-likeness (QED) is 0.577. The highest BCUT2D eigenvalue weighted by Crippen LogP contribution is 2.22. The number of imide groups is 1. The lowest BCUT2D eigenvalue weighted by molar-refractivity contribution is -0.125. The maximum absolute atomic E-state index is 12.3. The minimum absolute atomic E-state index is 0.111. The Hall–Kier alpha value is -3.13. The lowest BCUT2D eigenvalue weighted by atomic mass is 10.1. The predicted molar refractivity (Wildman–Crippen MR) is 97.6 cm³/mol. The first-order chi connectivity index (χ1) is 13.0. The third-order valence-corrected chi connectivity index (χ3v) is 4.69. The van der Waals surface area contributed by atoms with E-state index in [1.54, 1.807) is 24.3 Å². The second-order valence-corrected chi connectivity index (χ2v) is 6.57. The minimum atomic E-state index is -0.587.